The van der Waals surface area contributed by atoms with Crippen molar-refractivity contribution in [3.63, 3.8) is 0 Å². The molecule has 2 amide bonds. The highest BCUT2D eigenvalue weighted by atomic mass is 35.5. The number of amides is 2. The van der Waals surface area contributed by atoms with Crippen molar-refractivity contribution < 1.29 is 14.3 Å². The average molecular weight is 309 g/mol. The molecule has 112 valence electrons. The minimum atomic E-state index is -0.281. The first-order valence-electron chi connectivity index (χ1n) is 6.68. The second-order valence-electron chi connectivity index (χ2n) is 4.70. The van der Waals surface area contributed by atoms with Gasteiger partial charge in [0.15, 0.2) is 0 Å². The monoisotopic (exact) mass is 308 g/mol. The molecule has 0 unspecified atom stereocenters. The summed E-state index contributed by atoms with van der Waals surface area (Å²) in [4.78, 5) is 25.5. The Balaban J connectivity index is 2.22. The van der Waals surface area contributed by atoms with E-state index in [4.69, 9.17) is 16.3 Å². The Bertz CT molecular complexity index is 549. The van der Waals surface area contributed by atoms with E-state index >= 15 is 0 Å². The minimum Gasteiger partial charge on any atom is -0.378 e. The first-order valence-corrected chi connectivity index (χ1v) is 7.06. The van der Waals surface area contributed by atoms with Crippen molar-refractivity contribution in [2.75, 3.05) is 26.3 Å². The summed E-state index contributed by atoms with van der Waals surface area (Å²) in [6, 6.07) is 7.05. The number of carbonyl (C=O) groups excluding carboxylic acids is 2. The number of hydrogen-bond donors (Lipinski definition) is 1. The summed E-state index contributed by atoms with van der Waals surface area (Å²) >= 11 is 5.84. The molecule has 0 saturated carbocycles. The lowest BCUT2D eigenvalue weighted by Crippen LogP contribution is -2.44. The molecule has 0 radical (unpaired) electrons. The van der Waals surface area contributed by atoms with Gasteiger partial charge in [0.25, 0.3) is 5.91 Å². The van der Waals surface area contributed by atoms with Gasteiger partial charge >= 0.3 is 0 Å². The van der Waals surface area contributed by atoms with Gasteiger partial charge in [0, 0.05) is 25.0 Å². The molecule has 5 nitrogen and oxygen atoms in total. The van der Waals surface area contributed by atoms with Gasteiger partial charge in [-0.25, -0.2) is 0 Å². The van der Waals surface area contributed by atoms with Crippen LogP contribution in [0.2, 0.25) is 5.02 Å². The molecule has 0 spiro atoms. The number of nitrogens with zero attached hydrogens (tertiary/aromatic N) is 1. The van der Waals surface area contributed by atoms with Crippen LogP contribution in [0.5, 0.6) is 0 Å². The van der Waals surface area contributed by atoms with Gasteiger partial charge in [0.2, 0.25) is 5.91 Å². The highest BCUT2D eigenvalue weighted by Crippen LogP contribution is 2.13. The van der Waals surface area contributed by atoms with E-state index in [-0.39, 0.29) is 17.5 Å². The third-order valence-electron chi connectivity index (χ3n) is 3.02. The Morgan fingerprint density at radius 2 is 1.86 bits per heavy atom. The predicted octanol–water partition coefficient (Wildman–Crippen LogP) is 1.68. The topological polar surface area (TPSA) is 58.6 Å². The molecule has 1 aromatic rings. The van der Waals surface area contributed by atoms with E-state index in [0.717, 1.165) is 5.56 Å². The number of morpholine rings is 1. The zero-order valence-corrected chi connectivity index (χ0v) is 12.5. The number of benzene rings is 1. The van der Waals surface area contributed by atoms with Crippen LogP contribution >= 0.6 is 11.6 Å². The molecular weight excluding hydrogens is 292 g/mol. The Morgan fingerprint density at radius 1 is 1.24 bits per heavy atom. The van der Waals surface area contributed by atoms with Crippen molar-refractivity contribution in [3.8, 4) is 0 Å². The third kappa shape index (κ3) is 4.58. The molecule has 2 rings (SSSR count). The summed E-state index contributed by atoms with van der Waals surface area (Å²) in [5, 5.41) is 3.22. The third-order valence-corrected chi connectivity index (χ3v) is 3.27. The van der Waals surface area contributed by atoms with Crippen LogP contribution in [-0.2, 0) is 14.3 Å². The van der Waals surface area contributed by atoms with E-state index in [1.54, 1.807) is 35.2 Å². The molecule has 0 bridgehead atoms. The predicted molar refractivity (Wildman–Crippen MR) is 80.6 cm³/mol. The summed E-state index contributed by atoms with van der Waals surface area (Å²) in [6.07, 6.45) is 1.65. The van der Waals surface area contributed by atoms with Crippen LogP contribution in [0.3, 0.4) is 0 Å². The standard InChI is InChI=1S/C15H17ClN2O3/c1-11(19)17-14(10-12-2-4-13(16)5-3-12)15(20)18-6-8-21-9-7-18/h2-5,10H,6-9H2,1H3,(H,17,19)/b14-10+. The molecule has 1 aliphatic rings. The number of nitrogens with one attached hydrogen (secondary N) is 1. The van der Waals surface area contributed by atoms with Gasteiger partial charge in [-0.3, -0.25) is 9.59 Å². The van der Waals surface area contributed by atoms with E-state index in [9.17, 15) is 9.59 Å². The van der Waals surface area contributed by atoms with Gasteiger partial charge in [0.1, 0.15) is 5.70 Å². The van der Waals surface area contributed by atoms with E-state index in [1.165, 1.54) is 6.92 Å². The lowest BCUT2D eigenvalue weighted by atomic mass is 10.1. The summed E-state index contributed by atoms with van der Waals surface area (Å²) in [5.41, 5.74) is 1.05. The zero-order chi connectivity index (χ0) is 15.2. The first-order chi connectivity index (χ1) is 10.1. The fraction of sp³-hybridized carbons (Fsp3) is 0.333. The SMILES string of the molecule is CC(=O)N/C(=C/c1ccc(Cl)cc1)C(=O)N1CCOCC1. The number of halogens is 1. The van der Waals surface area contributed by atoms with Crippen LogP contribution in [0.4, 0.5) is 0 Å². The maximum absolute atomic E-state index is 12.5. The summed E-state index contributed by atoms with van der Waals surface area (Å²) < 4.78 is 5.23. The Labute approximate surface area is 128 Å². The molecular formula is C15H17ClN2O3. The van der Waals surface area contributed by atoms with Crippen molar-refractivity contribution >= 4 is 29.5 Å². The lowest BCUT2D eigenvalue weighted by molar-refractivity contribution is -0.132. The van der Waals surface area contributed by atoms with Crippen molar-refractivity contribution in [3.05, 3.63) is 40.5 Å². The van der Waals surface area contributed by atoms with Crippen LogP contribution in [0.25, 0.3) is 6.08 Å². The zero-order valence-electron chi connectivity index (χ0n) is 11.8. The second kappa shape index (κ2) is 7.24. The van der Waals surface area contributed by atoms with E-state index in [1.807, 2.05) is 0 Å². The van der Waals surface area contributed by atoms with Gasteiger partial charge < -0.3 is 15.0 Å². The molecule has 0 atom stereocenters. The van der Waals surface area contributed by atoms with Crippen LogP contribution in [0.1, 0.15) is 12.5 Å². The lowest BCUT2D eigenvalue weighted by Gasteiger charge is -2.27. The Morgan fingerprint density at radius 3 is 2.43 bits per heavy atom. The minimum absolute atomic E-state index is 0.205. The molecule has 1 heterocycles. The molecule has 21 heavy (non-hydrogen) atoms. The molecule has 1 N–H and O–H groups in total. The number of hydrogen-bond acceptors (Lipinski definition) is 3. The van der Waals surface area contributed by atoms with Crippen molar-refractivity contribution in [2.24, 2.45) is 0 Å². The van der Waals surface area contributed by atoms with Crippen LogP contribution in [-0.4, -0.2) is 43.0 Å². The summed E-state index contributed by atoms with van der Waals surface area (Å²) in [5.74, 6) is -0.486. The van der Waals surface area contributed by atoms with Crippen LogP contribution < -0.4 is 5.32 Å². The van der Waals surface area contributed by atoms with Gasteiger partial charge in [-0.05, 0) is 23.8 Å². The summed E-state index contributed by atoms with van der Waals surface area (Å²) in [6.45, 7) is 3.45. The maximum Gasteiger partial charge on any atom is 0.270 e. The first kappa shape index (κ1) is 15.5. The largest absolute Gasteiger partial charge is 0.378 e. The van der Waals surface area contributed by atoms with Gasteiger partial charge in [0.05, 0.1) is 13.2 Å². The van der Waals surface area contributed by atoms with E-state index < -0.39 is 0 Å². The fourth-order valence-electron chi connectivity index (χ4n) is 2.00. The quantitative estimate of drug-likeness (QED) is 0.864. The fourth-order valence-corrected chi connectivity index (χ4v) is 2.13. The van der Waals surface area contributed by atoms with E-state index in [0.29, 0.717) is 31.3 Å². The smallest absolute Gasteiger partial charge is 0.270 e. The molecule has 0 aliphatic carbocycles. The van der Waals surface area contributed by atoms with Crippen molar-refractivity contribution in [1.29, 1.82) is 0 Å². The molecule has 1 saturated heterocycles. The molecule has 1 fully saturated rings. The van der Waals surface area contributed by atoms with Gasteiger partial charge in [-0.1, -0.05) is 23.7 Å². The van der Waals surface area contributed by atoms with Crippen LogP contribution in [0.15, 0.2) is 30.0 Å². The van der Waals surface area contributed by atoms with E-state index in [2.05, 4.69) is 5.32 Å². The molecule has 1 aliphatic heterocycles. The number of ether oxygens (including phenoxy) is 1. The highest BCUT2D eigenvalue weighted by Gasteiger charge is 2.21. The number of rotatable bonds is 3. The Kier molecular flexibility index (Phi) is 5.36. The van der Waals surface area contributed by atoms with Crippen molar-refractivity contribution in [1.82, 2.24) is 10.2 Å². The molecule has 0 aromatic heterocycles. The number of carbonyl (C=O) groups is 2. The maximum atomic E-state index is 12.5. The van der Waals surface area contributed by atoms with Crippen molar-refractivity contribution in [2.45, 2.75) is 6.92 Å². The van der Waals surface area contributed by atoms with Gasteiger partial charge in [-0.15, -0.1) is 0 Å². The second-order valence-corrected chi connectivity index (χ2v) is 5.13. The average Bonchev–Trinajstić information content (AvgIpc) is 2.48. The summed E-state index contributed by atoms with van der Waals surface area (Å²) in [7, 11) is 0. The molecule has 1 aromatic carbocycles. The highest BCUT2D eigenvalue weighted by molar-refractivity contribution is 6.30. The normalized spacial score (nSPS) is 15.7. The van der Waals surface area contributed by atoms with Crippen LogP contribution in [0, 0.1) is 0 Å². The van der Waals surface area contributed by atoms with Gasteiger partial charge in [-0.2, -0.15) is 0 Å². The Hall–Kier alpha value is -1.85. The molecule has 6 heteroatoms.